The summed E-state index contributed by atoms with van der Waals surface area (Å²) in [5.41, 5.74) is 5.45. The van der Waals surface area contributed by atoms with E-state index in [0.717, 1.165) is 32.2 Å². The third-order valence-corrected chi connectivity index (χ3v) is 4.13. The van der Waals surface area contributed by atoms with Gasteiger partial charge in [-0.25, -0.2) is 0 Å². The van der Waals surface area contributed by atoms with E-state index in [1.54, 1.807) is 0 Å². The van der Waals surface area contributed by atoms with Gasteiger partial charge < -0.3 is 11.1 Å². The minimum Gasteiger partial charge on any atom is -0.353 e. The molecule has 18 heavy (non-hydrogen) atoms. The van der Waals surface area contributed by atoms with Crippen LogP contribution in [0.4, 0.5) is 0 Å². The number of nitrogens with one attached hydrogen (secondary N) is 1. The Labute approximate surface area is 112 Å². The smallest absolute Gasteiger partial charge is 0.220 e. The lowest BCUT2D eigenvalue weighted by Crippen LogP contribution is -2.43. The van der Waals surface area contributed by atoms with Gasteiger partial charge in [-0.3, -0.25) is 4.79 Å². The summed E-state index contributed by atoms with van der Waals surface area (Å²) in [6.07, 6.45) is 8.77. The molecule has 2 unspecified atom stereocenters. The summed E-state index contributed by atoms with van der Waals surface area (Å²) in [6, 6.07) is 0.417. The second kappa shape index (κ2) is 8.52. The summed E-state index contributed by atoms with van der Waals surface area (Å²) in [6.45, 7) is 5.28. The van der Waals surface area contributed by atoms with Crippen molar-refractivity contribution in [3.8, 4) is 0 Å². The molecule has 1 aliphatic rings. The fraction of sp³-hybridized carbons (Fsp3) is 0.933. The maximum Gasteiger partial charge on any atom is 0.220 e. The van der Waals surface area contributed by atoms with Gasteiger partial charge in [0.1, 0.15) is 0 Å². The molecule has 0 heterocycles. The van der Waals surface area contributed by atoms with Crippen molar-refractivity contribution in [3.63, 3.8) is 0 Å². The van der Waals surface area contributed by atoms with Crippen LogP contribution in [0.1, 0.15) is 65.2 Å². The van der Waals surface area contributed by atoms with Crippen LogP contribution in [-0.4, -0.2) is 18.5 Å². The first kappa shape index (κ1) is 15.5. The molecule has 1 rings (SSSR count). The summed E-state index contributed by atoms with van der Waals surface area (Å²) in [7, 11) is 0. The van der Waals surface area contributed by atoms with Crippen LogP contribution in [0.25, 0.3) is 0 Å². The zero-order valence-electron chi connectivity index (χ0n) is 12.1. The molecule has 0 aromatic heterocycles. The van der Waals surface area contributed by atoms with E-state index < -0.39 is 0 Å². The molecule has 1 aliphatic carbocycles. The van der Waals surface area contributed by atoms with Crippen LogP contribution >= 0.6 is 0 Å². The highest BCUT2D eigenvalue weighted by Crippen LogP contribution is 2.30. The van der Waals surface area contributed by atoms with Gasteiger partial charge in [0.15, 0.2) is 0 Å². The average molecular weight is 254 g/mol. The maximum absolute atomic E-state index is 11.9. The predicted octanol–water partition coefficient (Wildman–Crippen LogP) is 2.84. The Morgan fingerprint density at radius 3 is 2.61 bits per heavy atom. The molecule has 3 nitrogen and oxygen atoms in total. The quantitative estimate of drug-likeness (QED) is 0.686. The van der Waals surface area contributed by atoms with Crippen molar-refractivity contribution >= 4 is 5.91 Å². The molecule has 2 atom stereocenters. The molecule has 0 radical (unpaired) electrons. The Morgan fingerprint density at radius 2 is 1.94 bits per heavy atom. The Bertz CT molecular complexity index is 241. The topological polar surface area (TPSA) is 55.1 Å². The molecular formula is C15H30N2O. The van der Waals surface area contributed by atoms with Crippen LogP contribution in [0.15, 0.2) is 0 Å². The molecule has 1 fully saturated rings. The third kappa shape index (κ3) is 5.38. The first-order valence-electron chi connectivity index (χ1n) is 7.64. The monoisotopic (exact) mass is 254 g/mol. The molecule has 106 valence electrons. The summed E-state index contributed by atoms with van der Waals surface area (Å²) >= 11 is 0. The molecule has 0 bridgehead atoms. The van der Waals surface area contributed by atoms with Gasteiger partial charge in [0, 0.05) is 12.5 Å². The van der Waals surface area contributed by atoms with Crippen molar-refractivity contribution in [2.45, 2.75) is 71.3 Å². The molecule has 0 aliphatic heterocycles. The van der Waals surface area contributed by atoms with Gasteiger partial charge in [-0.05, 0) is 44.1 Å². The number of amides is 1. The van der Waals surface area contributed by atoms with Crippen LogP contribution in [-0.2, 0) is 4.79 Å². The normalized spacial score (nSPS) is 24.2. The molecule has 0 spiro atoms. The Hall–Kier alpha value is -0.570. The lowest BCUT2D eigenvalue weighted by Gasteiger charge is -2.34. The van der Waals surface area contributed by atoms with E-state index in [9.17, 15) is 4.79 Å². The van der Waals surface area contributed by atoms with E-state index in [1.807, 2.05) is 0 Å². The standard InChI is InChI=1S/C15H30N2O/c1-12(2)13-8-5-6-9-14(13)17-15(18)10-4-3-7-11-16/h12-14H,3-11,16H2,1-2H3,(H,17,18). The first-order chi connectivity index (χ1) is 8.65. The van der Waals surface area contributed by atoms with Crippen LogP contribution in [0, 0.1) is 11.8 Å². The predicted molar refractivity (Wildman–Crippen MR) is 76.2 cm³/mol. The van der Waals surface area contributed by atoms with Gasteiger partial charge in [-0.2, -0.15) is 0 Å². The summed E-state index contributed by atoms with van der Waals surface area (Å²) in [5, 5.41) is 3.26. The average Bonchev–Trinajstić information content (AvgIpc) is 2.35. The fourth-order valence-electron chi connectivity index (χ4n) is 3.02. The minimum absolute atomic E-state index is 0.240. The van der Waals surface area contributed by atoms with Crippen LogP contribution < -0.4 is 11.1 Å². The van der Waals surface area contributed by atoms with E-state index in [-0.39, 0.29) is 5.91 Å². The summed E-state index contributed by atoms with van der Waals surface area (Å²) in [5.74, 6) is 1.59. The van der Waals surface area contributed by atoms with Gasteiger partial charge in [0.2, 0.25) is 5.91 Å². The number of hydrogen-bond donors (Lipinski definition) is 2. The zero-order chi connectivity index (χ0) is 13.4. The molecular weight excluding hydrogens is 224 g/mol. The highest BCUT2D eigenvalue weighted by molar-refractivity contribution is 5.76. The van der Waals surface area contributed by atoms with Crippen molar-refractivity contribution in [1.29, 1.82) is 0 Å². The van der Waals surface area contributed by atoms with Crippen molar-refractivity contribution in [2.24, 2.45) is 17.6 Å². The molecule has 0 saturated heterocycles. The number of hydrogen-bond acceptors (Lipinski definition) is 2. The second-order valence-corrected chi connectivity index (χ2v) is 5.97. The lowest BCUT2D eigenvalue weighted by molar-refractivity contribution is -0.122. The Morgan fingerprint density at radius 1 is 1.22 bits per heavy atom. The number of nitrogens with two attached hydrogens (primary N) is 1. The van der Waals surface area contributed by atoms with Crippen molar-refractivity contribution in [2.75, 3.05) is 6.54 Å². The largest absolute Gasteiger partial charge is 0.353 e. The van der Waals surface area contributed by atoms with E-state index in [4.69, 9.17) is 5.73 Å². The number of carbonyl (C=O) groups excluding carboxylic acids is 1. The third-order valence-electron chi connectivity index (χ3n) is 4.13. The minimum atomic E-state index is 0.240. The van der Waals surface area contributed by atoms with Gasteiger partial charge in [0.05, 0.1) is 0 Å². The Kier molecular flexibility index (Phi) is 7.33. The van der Waals surface area contributed by atoms with Gasteiger partial charge >= 0.3 is 0 Å². The Balaban J connectivity index is 2.28. The van der Waals surface area contributed by atoms with E-state index in [0.29, 0.717) is 24.3 Å². The number of carbonyl (C=O) groups is 1. The van der Waals surface area contributed by atoms with E-state index >= 15 is 0 Å². The van der Waals surface area contributed by atoms with E-state index in [2.05, 4.69) is 19.2 Å². The molecule has 0 aromatic carbocycles. The van der Waals surface area contributed by atoms with Crippen molar-refractivity contribution in [3.05, 3.63) is 0 Å². The fourth-order valence-corrected chi connectivity index (χ4v) is 3.02. The van der Waals surface area contributed by atoms with Gasteiger partial charge in [0.25, 0.3) is 0 Å². The highest BCUT2D eigenvalue weighted by atomic mass is 16.1. The van der Waals surface area contributed by atoms with E-state index in [1.165, 1.54) is 19.3 Å². The molecule has 0 aromatic rings. The summed E-state index contributed by atoms with van der Waals surface area (Å²) in [4.78, 5) is 11.9. The number of unbranched alkanes of at least 4 members (excludes halogenated alkanes) is 2. The van der Waals surface area contributed by atoms with Gasteiger partial charge in [-0.1, -0.05) is 33.1 Å². The molecule has 3 N–H and O–H groups in total. The highest BCUT2D eigenvalue weighted by Gasteiger charge is 2.28. The lowest BCUT2D eigenvalue weighted by atomic mass is 9.78. The summed E-state index contributed by atoms with van der Waals surface area (Å²) < 4.78 is 0. The number of rotatable bonds is 7. The molecule has 3 heteroatoms. The van der Waals surface area contributed by atoms with Crippen LogP contribution in [0.5, 0.6) is 0 Å². The first-order valence-corrected chi connectivity index (χ1v) is 7.64. The van der Waals surface area contributed by atoms with Crippen molar-refractivity contribution in [1.82, 2.24) is 5.32 Å². The zero-order valence-corrected chi connectivity index (χ0v) is 12.1. The van der Waals surface area contributed by atoms with Crippen molar-refractivity contribution < 1.29 is 4.79 Å². The van der Waals surface area contributed by atoms with Crippen LogP contribution in [0.2, 0.25) is 0 Å². The van der Waals surface area contributed by atoms with Crippen LogP contribution in [0.3, 0.4) is 0 Å². The maximum atomic E-state index is 11.9. The van der Waals surface area contributed by atoms with Gasteiger partial charge in [-0.15, -0.1) is 0 Å². The molecule has 1 saturated carbocycles. The second-order valence-electron chi connectivity index (χ2n) is 5.97. The SMILES string of the molecule is CC(C)C1CCCCC1NC(=O)CCCCCN. The molecule has 1 amide bonds.